The second-order valence-electron chi connectivity index (χ2n) is 11.9. The van der Waals surface area contributed by atoms with E-state index in [0.29, 0.717) is 38.9 Å². The second-order valence-corrected chi connectivity index (χ2v) is 11.9. The van der Waals surface area contributed by atoms with Crippen molar-refractivity contribution in [2.24, 2.45) is 5.92 Å². The van der Waals surface area contributed by atoms with E-state index in [1.807, 2.05) is 78.6 Å². The summed E-state index contributed by atoms with van der Waals surface area (Å²) in [6, 6.07) is 20.9. The highest BCUT2D eigenvalue weighted by molar-refractivity contribution is 5.92. The van der Waals surface area contributed by atoms with Crippen LogP contribution in [0, 0.1) is 12.8 Å². The molecule has 0 spiro atoms. The Morgan fingerprint density at radius 2 is 1.73 bits per heavy atom. The molecule has 2 aliphatic heterocycles. The molecule has 6 rings (SSSR count). The summed E-state index contributed by atoms with van der Waals surface area (Å²) in [5.41, 5.74) is 10.6. The van der Waals surface area contributed by atoms with Gasteiger partial charge in [-0.15, -0.1) is 0 Å². The van der Waals surface area contributed by atoms with Crippen molar-refractivity contribution >= 4 is 40.3 Å². The van der Waals surface area contributed by atoms with E-state index in [1.165, 1.54) is 0 Å². The number of carbonyl (C=O) groups excluding carboxylic acids is 4. The minimum Gasteiger partial charge on any atom is -0.343 e. The number of hydrogen-bond donors (Lipinski definition) is 4. The molecule has 0 bridgehead atoms. The van der Waals surface area contributed by atoms with Gasteiger partial charge in [0.05, 0.1) is 24.1 Å². The highest BCUT2D eigenvalue weighted by Gasteiger charge is 2.34. The van der Waals surface area contributed by atoms with Crippen molar-refractivity contribution in [1.82, 2.24) is 30.8 Å². The van der Waals surface area contributed by atoms with Gasteiger partial charge in [0.1, 0.15) is 0 Å². The van der Waals surface area contributed by atoms with Crippen LogP contribution in [0.3, 0.4) is 0 Å². The molecule has 0 saturated carbocycles. The number of amides is 5. The zero-order valence-corrected chi connectivity index (χ0v) is 25.2. The SMILES string of the molecule is Cc1cc(CC(CC(=O)N2CCC(N3Cc4ccccc4NC3=O)CC2)C(=O)NNC(=O)Cc2ccccc2)cc2cn[nH]c12. The van der Waals surface area contributed by atoms with Gasteiger partial charge < -0.3 is 15.1 Å². The first-order valence-corrected chi connectivity index (χ1v) is 15.3. The summed E-state index contributed by atoms with van der Waals surface area (Å²) >= 11 is 0. The standard InChI is InChI=1S/C34H37N7O4/c1-22-15-24(17-27-20-35-38-32(22)27)16-26(33(44)39-37-30(42)18-23-7-3-2-4-8-23)19-31(43)40-13-11-28(12-14-40)41-21-25-9-5-6-10-29(25)36-34(41)45/h2-10,15,17,20,26,28H,11-14,16,18-19,21H2,1H3,(H,35,38)(H,36,45)(H,37,42)(H,39,44). The summed E-state index contributed by atoms with van der Waals surface area (Å²) in [5, 5.41) is 11.0. The van der Waals surface area contributed by atoms with Gasteiger partial charge in [-0.25, -0.2) is 4.79 Å². The summed E-state index contributed by atoms with van der Waals surface area (Å²) in [6.07, 6.45) is 3.48. The topological polar surface area (TPSA) is 140 Å². The molecule has 1 saturated heterocycles. The number of H-pyrrole nitrogens is 1. The van der Waals surface area contributed by atoms with Crippen LogP contribution in [0.5, 0.6) is 0 Å². The van der Waals surface area contributed by atoms with E-state index in [1.54, 1.807) is 11.1 Å². The molecule has 3 aromatic carbocycles. The van der Waals surface area contributed by atoms with Crippen molar-refractivity contribution in [3.63, 3.8) is 0 Å². The molecule has 11 nitrogen and oxygen atoms in total. The Morgan fingerprint density at radius 3 is 2.53 bits per heavy atom. The van der Waals surface area contributed by atoms with Crippen molar-refractivity contribution in [2.45, 2.75) is 51.6 Å². The number of benzene rings is 3. The van der Waals surface area contributed by atoms with Crippen LogP contribution in [0.25, 0.3) is 10.9 Å². The molecule has 4 aromatic rings. The number of para-hydroxylation sites is 1. The van der Waals surface area contributed by atoms with Gasteiger partial charge in [-0.1, -0.05) is 54.6 Å². The van der Waals surface area contributed by atoms with Gasteiger partial charge in [0, 0.05) is 43.2 Å². The number of urea groups is 1. The van der Waals surface area contributed by atoms with Crippen LogP contribution >= 0.6 is 0 Å². The molecule has 3 heterocycles. The van der Waals surface area contributed by atoms with Crippen LogP contribution in [0.2, 0.25) is 0 Å². The van der Waals surface area contributed by atoms with E-state index in [9.17, 15) is 19.2 Å². The third kappa shape index (κ3) is 6.98. The first-order valence-electron chi connectivity index (χ1n) is 15.3. The van der Waals surface area contributed by atoms with Crippen LogP contribution < -0.4 is 16.2 Å². The highest BCUT2D eigenvalue weighted by atomic mass is 16.2. The number of aryl methyl sites for hydroxylation is 1. The molecular weight excluding hydrogens is 570 g/mol. The van der Waals surface area contributed by atoms with E-state index in [2.05, 4.69) is 26.4 Å². The number of hydrazine groups is 1. The molecule has 5 amide bonds. The Kier molecular flexibility index (Phi) is 8.77. The number of aromatic nitrogens is 2. The van der Waals surface area contributed by atoms with Crippen LogP contribution in [0.1, 0.15) is 41.5 Å². The van der Waals surface area contributed by atoms with E-state index < -0.39 is 11.8 Å². The molecule has 1 aromatic heterocycles. The van der Waals surface area contributed by atoms with Crippen LogP contribution in [0.15, 0.2) is 72.9 Å². The number of likely N-dealkylation sites (tertiary alicyclic amines) is 1. The molecule has 0 aliphatic carbocycles. The van der Waals surface area contributed by atoms with Gasteiger partial charge in [0.2, 0.25) is 17.7 Å². The molecule has 2 aliphatic rings. The quantitative estimate of drug-likeness (QED) is 0.226. The van der Waals surface area contributed by atoms with Crippen molar-refractivity contribution in [1.29, 1.82) is 0 Å². The van der Waals surface area contributed by atoms with Crippen LogP contribution in [-0.4, -0.2) is 62.9 Å². The fourth-order valence-corrected chi connectivity index (χ4v) is 6.32. The minimum absolute atomic E-state index is 0.00883. The fraction of sp³-hybridized carbons (Fsp3) is 0.324. The zero-order chi connectivity index (χ0) is 31.3. The number of nitrogens with zero attached hydrogens (tertiary/aromatic N) is 3. The Bertz CT molecular complexity index is 1710. The van der Waals surface area contributed by atoms with E-state index in [-0.39, 0.29) is 36.7 Å². The number of piperidine rings is 1. The summed E-state index contributed by atoms with van der Waals surface area (Å²) in [5.74, 6) is -1.60. The van der Waals surface area contributed by atoms with Crippen molar-refractivity contribution in [2.75, 3.05) is 18.4 Å². The third-order valence-corrected chi connectivity index (χ3v) is 8.73. The maximum Gasteiger partial charge on any atom is 0.322 e. The number of hydrogen-bond acceptors (Lipinski definition) is 5. The molecule has 0 radical (unpaired) electrons. The normalized spacial score (nSPS) is 15.7. The fourth-order valence-electron chi connectivity index (χ4n) is 6.32. The lowest BCUT2D eigenvalue weighted by Crippen LogP contribution is -2.51. The first kappa shape index (κ1) is 29.9. The van der Waals surface area contributed by atoms with Gasteiger partial charge in [0.25, 0.3) is 0 Å². The number of carbonyl (C=O) groups is 4. The number of fused-ring (bicyclic) bond motifs is 2. The van der Waals surface area contributed by atoms with Gasteiger partial charge in [-0.05, 0) is 60.6 Å². The van der Waals surface area contributed by atoms with E-state index >= 15 is 0 Å². The van der Waals surface area contributed by atoms with Gasteiger partial charge in [-0.3, -0.25) is 30.3 Å². The van der Waals surface area contributed by atoms with Gasteiger partial charge in [-0.2, -0.15) is 5.10 Å². The summed E-state index contributed by atoms with van der Waals surface area (Å²) in [4.78, 5) is 56.0. The molecule has 45 heavy (non-hydrogen) atoms. The molecule has 4 N–H and O–H groups in total. The maximum atomic E-state index is 13.6. The Labute approximate surface area is 261 Å². The highest BCUT2D eigenvalue weighted by Crippen LogP contribution is 2.28. The van der Waals surface area contributed by atoms with Crippen molar-refractivity contribution in [3.8, 4) is 0 Å². The molecule has 1 unspecified atom stereocenters. The maximum absolute atomic E-state index is 13.6. The van der Waals surface area contributed by atoms with Crippen molar-refractivity contribution < 1.29 is 19.2 Å². The van der Waals surface area contributed by atoms with E-state index in [0.717, 1.165) is 38.8 Å². The summed E-state index contributed by atoms with van der Waals surface area (Å²) in [7, 11) is 0. The Balaban J connectivity index is 1.10. The summed E-state index contributed by atoms with van der Waals surface area (Å²) < 4.78 is 0. The predicted molar refractivity (Wildman–Crippen MR) is 170 cm³/mol. The Hall–Kier alpha value is -5.19. The number of rotatable bonds is 8. The summed E-state index contributed by atoms with van der Waals surface area (Å²) in [6.45, 7) is 3.51. The number of nitrogens with one attached hydrogen (secondary N) is 4. The first-order chi connectivity index (χ1) is 21.8. The average Bonchev–Trinajstić information content (AvgIpc) is 3.53. The average molecular weight is 608 g/mol. The lowest BCUT2D eigenvalue weighted by atomic mass is 9.92. The molecule has 232 valence electrons. The lowest BCUT2D eigenvalue weighted by molar-refractivity contribution is -0.138. The smallest absolute Gasteiger partial charge is 0.322 e. The number of aromatic amines is 1. The van der Waals surface area contributed by atoms with E-state index in [4.69, 9.17) is 0 Å². The van der Waals surface area contributed by atoms with Gasteiger partial charge in [0.15, 0.2) is 0 Å². The minimum atomic E-state index is -0.708. The zero-order valence-electron chi connectivity index (χ0n) is 25.2. The predicted octanol–water partition coefficient (Wildman–Crippen LogP) is 3.85. The van der Waals surface area contributed by atoms with Crippen LogP contribution in [-0.2, 0) is 33.8 Å². The van der Waals surface area contributed by atoms with Gasteiger partial charge >= 0.3 is 6.03 Å². The van der Waals surface area contributed by atoms with Crippen molar-refractivity contribution in [3.05, 3.63) is 95.2 Å². The lowest BCUT2D eigenvalue weighted by Gasteiger charge is -2.40. The Morgan fingerprint density at radius 1 is 0.978 bits per heavy atom. The molecule has 1 atom stereocenters. The third-order valence-electron chi connectivity index (χ3n) is 8.73. The van der Waals surface area contributed by atoms with Crippen LogP contribution in [0.4, 0.5) is 10.5 Å². The molecule has 11 heteroatoms. The molecule has 1 fully saturated rings. The largest absolute Gasteiger partial charge is 0.343 e. The number of anilines is 1. The second kappa shape index (κ2) is 13.2. The molecular formula is C34H37N7O4. The monoisotopic (exact) mass is 607 g/mol.